The second-order valence-electron chi connectivity index (χ2n) is 5.58. The molecule has 6 heteroatoms. The zero-order valence-corrected chi connectivity index (χ0v) is 13.9. The molecule has 2 amide bonds. The van der Waals surface area contributed by atoms with E-state index in [9.17, 15) is 9.90 Å². The molecule has 0 aliphatic rings. The summed E-state index contributed by atoms with van der Waals surface area (Å²) in [5.74, 6) is 0. The summed E-state index contributed by atoms with van der Waals surface area (Å²) in [6, 6.07) is 14.3. The van der Waals surface area contributed by atoms with Crippen LogP contribution in [0.2, 0.25) is 5.02 Å². The number of aromatic nitrogens is 1. The predicted octanol–water partition coefficient (Wildman–Crippen LogP) is 3.69. The minimum Gasteiger partial charge on any atom is -0.387 e. The molecule has 124 valence electrons. The number of aliphatic hydroxyl groups is 1. The molecule has 0 saturated carbocycles. The summed E-state index contributed by atoms with van der Waals surface area (Å²) in [6.45, 7) is 0.106. The van der Waals surface area contributed by atoms with Gasteiger partial charge >= 0.3 is 6.03 Å². The smallest absolute Gasteiger partial charge is 0.319 e. The van der Waals surface area contributed by atoms with Crippen molar-refractivity contribution >= 4 is 34.2 Å². The lowest BCUT2D eigenvalue weighted by Gasteiger charge is -2.14. The molecule has 0 saturated heterocycles. The lowest BCUT2D eigenvalue weighted by molar-refractivity contribution is 0.175. The molecule has 2 aromatic carbocycles. The topological polar surface area (TPSA) is 66.3 Å². The number of urea groups is 1. The Morgan fingerprint density at radius 1 is 1.25 bits per heavy atom. The molecule has 0 aliphatic carbocycles. The average Bonchev–Trinajstić information content (AvgIpc) is 2.95. The van der Waals surface area contributed by atoms with Gasteiger partial charge in [0.2, 0.25) is 0 Å². The summed E-state index contributed by atoms with van der Waals surface area (Å²) in [6.07, 6.45) is 1.18. The van der Waals surface area contributed by atoms with E-state index in [0.717, 1.165) is 16.5 Å². The number of nitrogens with zero attached hydrogens (tertiary/aromatic N) is 1. The number of aryl methyl sites for hydroxylation is 1. The summed E-state index contributed by atoms with van der Waals surface area (Å²) in [4.78, 5) is 11.9. The van der Waals surface area contributed by atoms with Gasteiger partial charge in [-0.1, -0.05) is 29.8 Å². The standard InChI is InChI=1S/C18H18ClN3O2/c1-22-9-8-12-10-13(6-7-16(12)22)17(23)11-20-18(24)21-15-5-3-2-4-14(15)19/h2-10,17,23H,11H2,1H3,(H2,20,21,24)/t17-/m1/s1. The van der Waals surface area contributed by atoms with Gasteiger partial charge in [-0.2, -0.15) is 0 Å². The maximum atomic E-state index is 11.9. The third-order valence-electron chi connectivity index (χ3n) is 3.87. The van der Waals surface area contributed by atoms with E-state index in [2.05, 4.69) is 10.6 Å². The Morgan fingerprint density at radius 2 is 2.04 bits per heavy atom. The highest BCUT2D eigenvalue weighted by atomic mass is 35.5. The van der Waals surface area contributed by atoms with Crippen molar-refractivity contribution in [1.82, 2.24) is 9.88 Å². The number of amides is 2. The van der Waals surface area contributed by atoms with Crippen LogP contribution in [0.15, 0.2) is 54.7 Å². The molecule has 3 aromatic rings. The minimum atomic E-state index is -0.786. The molecule has 0 fully saturated rings. The number of aliphatic hydroxyl groups excluding tert-OH is 1. The van der Waals surface area contributed by atoms with Gasteiger partial charge in [0.25, 0.3) is 0 Å². The minimum absolute atomic E-state index is 0.106. The second kappa shape index (κ2) is 6.95. The third kappa shape index (κ3) is 3.53. The molecule has 3 N–H and O–H groups in total. The van der Waals surface area contributed by atoms with Crippen molar-refractivity contribution in [2.75, 3.05) is 11.9 Å². The Hall–Kier alpha value is -2.50. The van der Waals surface area contributed by atoms with Crippen molar-refractivity contribution < 1.29 is 9.90 Å². The van der Waals surface area contributed by atoms with Gasteiger partial charge in [0.05, 0.1) is 16.8 Å². The van der Waals surface area contributed by atoms with Crippen molar-refractivity contribution in [3.05, 3.63) is 65.3 Å². The number of para-hydroxylation sites is 1. The lowest BCUT2D eigenvalue weighted by Crippen LogP contribution is -2.32. The van der Waals surface area contributed by atoms with Crippen LogP contribution >= 0.6 is 11.6 Å². The number of nitrogens with one attached hydrogen (secondary N) is 2. The van der Waals surface area contributed by atoms with Gasteiger partial charge in [-0.15, -0.1) is 0 Å². The first-order chi connectivity index (χ1) is 11.5. The normalized spacial score (nSPS) is 12.1. The molecule has 1 heterocycles. The summed E-state index contributed by atoms with van der Waals surface area (Å²) in [5, 5.41) is 17.1. The number of carbonyl (C=O) groups excluding carboxylic acids is 1. The van der Waals surface area contributed by atoms with E-state index in [4.69, 9.17) is 11.6 Å². The highest BCUT2D eigenvalue weighted by Crippen LogP contribution is 2.22. The van der Waals surface area contributed by atoms with Crippen LogP contribution in [-0.4, -0.2) is 22.2 Å². The van der Waals surface area contributed by atoms with Crippen molar-refractivity contribution in [1.29, 1.82) is 0 Å². The van der Waals surface area contributed by atoms with Gasteiger partial charge in [-0.05, 0) is 41.3 Å². The maximum Gasteiger partial charge on any atom is 0.319 e. The van der Waals surface area contributed by atoms with Crippen molar-refractivity contribution in [3.8, 4) is 0 Å². The van der Waals surface area contributed by atoms with Crippen LogP contribution < -0.4 is 10.6 Å². The summed E-state index contributed by atoms with van der Waals surface area (Å²) >= 11 is 5.99. The molecule has 0 unspecified atom stereocenters. The van der Waals surface area contributed by atoms with Crippen molar-refractivity contribution in [2.45, 2.75) is 6.10 Å². The largest absolute Gasteiger partial charge is 0.387 e. The Labute approximate surface area is 144 Å². The van der Waals surface area contributed by atoms with Gasteiger partial charge in [0.1, 0.15) is 0 Å². The SMILES string of the molecule is Cn1ccc2cc([C@H](O)CNC(=O)Nc3ccccc3Cl)ccc21. The fourth-order valence-corrected chi connectivity index (χ4v) is 2.73. The van der Waals surface area contributed by atoms with Crippen LogP contribution in [0.25, 0.3) is 10.9 Å². The molecule has 3 rings (SSSR count). The monoisotopic (exact) mass is 343 g/mol. The lowest BCUT2D eigenvalue weighted by atomic mass is 10.1. The molecule has 1 atom stereocenters. The zero-order chi connectivity index (χ0) is 17.1. The Morgan fingerprint density at radius 3 is 2.83 bits per heavy atom. The number of halogens is 1. The van der Waals surface area contributed by atoms with E-state index in [1.54, 1.807) is 24.3 Å². The number of hydrogen-bond donors (Lipinski definition) is 3. The number of anilines is 1. The van der Waals surface area contributed by atoms with Crippen molar-refractivity contribution in [3.63, 3.8) is 0 Å². The quantitative estimate of drug-likeness (QED) is 0.676. The molecular formula is C18H18ClN3O2. The summed E-state index contributed by atoms with van der Waals surface area (Å²) in [5.41, 5.74) is 2.37. The Bertz CT molecular complexity index is 876. The number of hydrogen-bond acceptors (Lipinski definition) is 2. The molecule has 0 aliphatic heterocycles. The van der Waals surface area contributed by atoms with E-state index < -0.39 is 12.1 Å². The van der Waals surface area contributed by atoms with Crippen LogP contribution in [-0.2, 0) is 7.05 Å². The van der Waals surface area contributed by atoms with Crippen molar-refractivity contribution in [2.24, 2.45) is 7.05 Å². The van der Waals surface area contributed by atoms with Crippen LogP contribution in [0, 0.1) is 0 Å². The highest BCUT2D eigenvalue weighted by molar-refractivity contribution is 6.33. The van der Waals surface area contributed by atoms with Gasteiger partial charge in [0, 0.05) is 25.3 Å². The molecule has 0 spiro atoms. The Kier molecular flexibility index (Phi) is 4.74. The first-order valence-electron chi connectivity index (χ1n) is 7.57. The average molecular weight is 344 g/mol. The van der Waals surface area contributed by atoms with Gasteiger partial charge in [0.15, 0.2) is 0 Å². The van der Waals surface area contributed by atoms with Crippen LogP contribution in [0.4, 0.5) is 10.5 Å². The fourth-order valence-electron chi connectivity index (χ4n) is 2.54. The molecule has 1 aromatic heterocycles. The molecule has 0 bridgehead atoms. The van der Waals surface area contributed by atoms with Crippen LogP contribution in [0.3, 0.4) is 0 Å². The number of carbonyl (C=O) groups is 1. The number of fused-ring (bicyclic) bond motifs is 1. The summed E-state index contributed by atoms with van der Waals surface area (Å²) in [7, 11) is 1.97. The maximum absolute atomic E-state index is 11.9. The molecule has 24 heavy (non-hydrogen) atoms. The van der Waals surface area contributed by atoms with E-state index >= 15 is 0 Å². The highest BCUT2D eigenvalue weighted by Gasteiger charge is 2.11. The van der Waals surface area contributed by atoms with Gasteiger partial charge in [-0.25, -0.2) is 4.79 Å². The van der Waals surface area contributed by atoms with Crippen LogP contribution in [0.5, 0.6) is 0 Å². The fraction of sp³-hybridized carbons (Fsp3) is 0.167. The Balaban J connectivity index is 1.60. The van der Waals surface area contributed by atoms with Gasteiger partial charge < -0.3 is 20.3 Å². The molecule has 0 radical (unpaired) electrons. The third-order valence-corrected chi connectivity index (χ3v) is 4.20. The van der Waals surface area contributed by atoms with E-state index in [0.29, 0.717) is 10.7 Å². The predicted molar refractivity (Wildman–Crippen MR) is 96.4 cm³/mol. The second-order valence-corrected chi connectivity index (χ2v) is 5.98. The molecular weight excluding hydrogens is 326 g/mol. The van der Waals surface area contributed by atoms with E-state index in [-0.39, 0.29) is 6.54 Å². The first-order valence-corrected chi connectivity index (χ1v) is 7.95. The van der Waals surface area contributed by atoms with Crippen LogP contribution in [0.1, 0.15) is 11.7 Å². The van der Waals surface area contributed by atoms with E-state index in [1.807, 2.05) is 42.1 Å². The summed E-state index contributed by atoms with van der Waals surface area (Å²) < 4.78 is 2.01. The first kappa shape index (κ1) is 16.4. The number of rotatable bonds is 4. The van der Waals surface area contributed by atoms with Gasteiger partial charge in [-0.3, -0.25) is 0 Å². The number of benzene rings is 2. The van der Waals surface area contributed by atoms with E-state index in [1.165, 1.54) is 0 Å². The zero-order valence-electron chi connectivity index (χ0n) is 13.2. The molecule has 5 nitrogen and oxygen atoms in total.